The van der Waals surface area contributed by atoms with Gasteiger partial charge in [0.15, 0.2) is 23.0 Å². The second kappa shape index (κ2) is 23.3. The van der Waals surface area contributed by atoms with E-state index in [1.807, 2.05) is 36.1 Å². The van der Waals surface area contributed by atoms with Gasteiger partial charge in [-0.25, -0.2) is 9.78 Å². The first-order valence-corrected chi connectivity index (χ1v) is 26.6. The van der Waals surface area contributed by atoms with E-state index in [2.05, 4.69) is 49.5 Å². The number of unbranched alkanes of at least 4 members (excludes halogenated alkanes) is 4. The summed E-state index contributed by atoms with van der Waals surface area (Å²) in [4.78, 5) is 70.2. The van der Waals surface area contributed by atoms with Gasteiger partial charge in [0, 0.05) is 77.3 Å². The lowest BCUT2D eigenvalue weighted by Crippen LogP contribution is -2.41. The predicted molar refractivity (Wildman–Crippen MR) is 289 cm³/mol. The summed E-state index contributed by atoms with van der Waals surface area (Å²) in [7, 11) is 3.11. The molecule has 3 N–H and O–H groups in total. The summed E-state index contributed by atoms with van der Waals surface area (Å²) in [5.74, 6) is 1.88. The Morgan fingerprint density at radius 2 is 1.62 bits per heavy atom. The number of carbonyl (C=O) groups is 3. The lowest BCUT2D eigenvalue weighted by molar-refractivity contribution is -0.158. The molecule has 21 heteroatoms. The van der Waals surface area contributed by atoms with Crippen LogP contribution in [0.5, 0.6) is 11.5 Å². The summed E-state index contributed by atoms with van der Waals surface area (Å²) in [6, 6.07) is 12.2. The van der Waals surface area contributed by atoms with Crippen LogP contribution in [-0.4, -0.2) is 98.3 Å². The van der Waals surface area contributed by atoms with E-state index in [-0.39, 0.29) is 36.5 Å². The average Bonchev–Trinajstić information content (AvgIpc) is 3.86. The molecule has 4 aromatic heterocycles. The predicted octanol–water partition coefficient (Wildman–Crippen LogP) is 9.06. The van der Waals surface area contributed by atoms with E-state index in [0.29, 0.717) is 89.0 Å². The average molecular weight is 1070 g/mol. The van der Waals surface area contributed by atoms with Crippen molar-refractivity contribution in [2.45, 2.75) is 105 Å². The number of thiophene rings is 1. The third kappa shape index (κ3) is 11.8. The Morgan fingerprint density at radius 1 is 0.919 bits per heavy atom. The van der Waals surface area contributed by atoms with E-state index in [9.17, 15) is 19.2 Å². The lowest BCUT2D eigenvalue weighted by Gasteiger charge is -2.31. The van der Waals surface area contributed by atoms with Crippen LogP contribution in [0.4, 0.5) is 17.5 Å². The molecule has 0 saturated carbocycles. The Balaban J connectivity index is 0.771. The second-order valence-corrected chi connectivity index (χ2v) is 21.1. The Morgan fingerprint density at radius 3 is 2.32 bits per heavy atom. The highest BCUT2D eigenvalue weighted by Gasteiger charge is 2.35. The highest BCUT2D eigenvalue weighted by atomic mass is 35.5. The first-order valence-electron chi connectivity index (χ1n) is 25.0. The Bertz CT molecular complexity index is 3140. The quantitative estimate of drug-likeness (QED) is 0.0482. The van der Waals surface area contributed by atoms with Crippen LogP contribution >= 0.6 is 34.5 Å². The number of hydrogen-bond donors (Lipinski definition) is 3. The van der Waals surface area contributed by atoms with Gasteiger partial charge in [0.25, 0.3) is 5.56 Å². The zero-order valence-electron chi connectivity index (χ0n) is 43.1. The van der Waals surface area contributed by atoms with Crippen molar-refractivity contribution in [2.24, 2.45) is 18.0 Å². The molecular weight excluding hydrogens is 1010 g/mol. The fourth-order valence-electron chi connectivity index (χ4n) is 9.31. The number of fused-ring (bicyclic) bond motifs is 4. The van der Waals surface area contributed by atoms with Crippen LogP contribution in [-0.2, 0) is 26.2 Å². The number of benzene rings is 2. The number of anilines is 3. The van der Waals surface area contributed by atoms with Gasteiger partial charge in [-0.15, -0.1) is 21.5 Å². The number of pyridine rings is 1. The number of nitrogens with one attached hydrogen (secondary N) is 3. The summed E-state index contributed by atoms with van der Waals surface area (Å²) >= 11 is 14.6. The van der Waals surface area contributed by atoms with Crippen molar-refractivity contribution in [2.75, 3.05) is 50.1 Å². The van der Waals surface area contributed by atoms with Crippen molar-refractivity contribution in [3.05, 3.63) is 102 Å². The van der Waals surface area contributed by atoms with E-state index >= 15 is 0 Å². The number of aromatic nitrogens is 6. The highest BCUT2D eigenvalue weighted by Crippen LogP contribution is 2.40. The molecule has 8 rings (SSSR count). The van der Waals surface area contributed by atoms with Crippen molar-refractivity contribution in [3.63, 3.8) is 0 Å². The molecule has 2 aliphatic rings. The van der Waals surface area contributed by atoms with Crippen LogP contribution in [0, 0.1) is 26.7 Å². The van der Waals surface area contributed by atoms with Crippen molar-refractivity contribution in [1.29, 1.82) is 0 Å². The largest absolute Gasteiger partial charge is 0.494 e. The molecule has 1 fully saturated rings. The number of aliphatic imine (C=N–C) groups is 1. The molecule has 0 unspecified atom stereocenters. The third-order valence-electron chi connectivity index (χ3n) is 13.4. The van der Waals surface area contributed by atoms with Crippen LogP contribution in [0.3, 0.4) is 0 Å². The van der Waals surface area contributed by atoms with E-state index in [1.54, 1.807) is 57.4 Å². The molecule has 2 aliphatic heterocycles. The molecule has 2 amide bonds. The van der Waals surface area contributed by atoms with Gasteiger partial charge in [0.05, 0.1) is 37.6 Å². The number of methoxy groups -OCH3 is 1. The SMILES string of the molecule is CCOC(=O)C(C)(C)Oc1cc2cc(Nc3nc(N4CCC(C(=O)NCCCCCCCNC(=O)C[C@@H]5N=C(c6ccc(Cl)cc6)c6c(sc(C)c6C)-n6c(C)nnc65)CC4)ncc3Cl)cc(OC)c2n(C)c1=O. The maximum Gasteiger partial charge on any atom is 0.349 e. The number of aryl methyl sites for hydroxylation is 3. The third-order valence-corrected chi connectivity index (χ3v) is 15.2. The van der Waals surface area contributed by atoms with Gasteiger partial charge in [-0.2, -0.15) is 4.98 Å². The fraction of sp³-hybridized carbons (Fsp3) is 0.453. The van der Waals surface area contributed by atoms with Crippen molar-refractivity contribution in [3.8, 4) is 16.5 Å². The minimum absolute atomic E-state index is 0.0293. The standard InChI is InChI=1S/C53H63Cl2N11O7S/c1-9-72-51(70)53(5,6)73-41-26-35-25-37(27-40(71-8)45(35)64(7)49(41)69)59-46-38(55)29-58-52(61-46)65-23-19-34(20-24-65)48(68)57-22-14-12-10-11-13-21-56-42(67)28-39-47-63-62-32(4)66(47)50-43(30(2)31(3)74-50)44(60-39)33-15-17-36(54)18-16-33/h15-18,25-27,29,34,39H,9-14,19-24,28H2,1-8H3,(H,56,67)(H,57,68)(H,58,59,61)/t39-/m0/s1. The summed E-state index contributed by atoms with van der Waals surface area (Å²) in [6.07, 6.45) is 7.61. The van der Waals surface area contributed by atoms with Gasteiger partial charge in [-0.1, -0.05) is 54.6 Å². The first-order chi connectivity index (χ1) is 35.5. The molecule has 0 radical (unpaired) electrons. The number of halogens is 2. The first kappa shape index (κ1) is 53.7. The van der Waals surface area contributed by atoms with Crippen molar-refractivity contribution in [1.82, 2.24) is 39.9 Å². The van der Waals surface area contributed by atoms with Crippen molar-refractivity contribution >= 4 is 86.4 Å². The van der Waals surface area contributed by atoms with Crippen LogP contribution in [0.25, 0.3) is 15.9 Å². The summed E-state index contributed by atoms with van der Waals surface area (Å²) < 4.78 is 20.2. The zero-order chi connectivity index (χ0) is 52.8. The minimum Gasteiger partial charge on any atom is -0.494 e. The zero-order valence-corrected chi connectivity index (χ0v) is 45.4. The number of nitrogens with zero attached hydrogens (tertiary/aromatic N) is 8. The number of carbonyl (C=O) groups excluding carboxylic acids is 3. The lowest BCUT2D eigenvalue weighted by atomic mass is 9.96. The van der Waals surface area contributed by atoms with E-state index in [4.69, 9.17) is 47.4 Å². The minimum atomic E-state index is -1.41. The van der Waals surface area contributed by atoms with Gasteiger partial charge in [0.1, 0.15) is 27.6 Å². The normalized spacial score (nSPS) is 14.7. The molecule has 2 aromatic carbocycles. The summed E-state index contributed by atoms with van der Waals surface area (Å²) in [6.45, 7) is 13.5. The topological polar surface area (TPSA) is 209 Å². The summed E-state index contributed by atoms with van der Waals surface area (Å²) in [5.41, 5.74) is 3.15. The van der Waals surface area contributed by atoms with Gasteiger partial charge < -0.3 is 39.6 Å². The summed E-state index contributed by atoms with van der Waals surface area (Å²) in [5, 5.41) is 21.0. The Hall–Kier alpha value is -6.57. The van der Waals surface area contributed by atoms with Gasteiger partial charge in [-0.3, -0.25) is 23.9 Å². The maximum absolute atomic E-state index is 13.4. The molecule has 6 aromatic rings. The van der Waals surface area contributed by atoms with Crippen LogP contribution < -0.4 is 35.9 Å². The van der Waals surface area contributed by atoms with Crippen LogP contribution in [0.1, 0.15) is 111 Å². The van der Waals surface area contributed by atoms with E-state index in [0.717, 1.165) is 65.3 Å². The van der Waals surface area contributed by atoms with Crippen LogP contribution in [0.15, 0.2) is 58.4 Å². The fourth-order valence-corrected chi connectivity index (χ4v) is 10.8. The van der Waals surface area contributed by atoms with Crippen molar-refractivity contribution < 1.29 is 28.6 Å². The van der Waals surface area contributed by atoms with Gasteiger partial charge in [-0.05, 0) is 97.1 Å². The molecule has 18 nitrogen and oxygen atoms in total. The molecule has 6 heterocycles. The molecule has 0 bridgehead atoms. The smallest absolute Gasteiger partial charge is 0.349 e. The number of ether oxygens (including phenoxy) is 3. The highest BCUT2D eigenvalue weighted by molar-refractivity contribution is 7.15. The molecule has 1 atom stereocenters. The monoisotopic (exact) mass is 1070 g/mol. The second-order valence-electron chi connectivity index (χ2n) is 19.1. The van der Waals surface area contributed by atoms with E-state index < -0.39 is 23.2 Å². The number of hydrogen-bond acceptors (Lipinski definition) is 15. The molecule has 1 saturated heterocycles. The number of esters is 1. The Kier molecular flexibility index (Phi) is 16.9. The molecular formula is C53H63Cl2N11O7S. The molecule has 0 aliphatic carbocycles. The molecule has 0 spiro atoms. The Labute approximate surface area is 444 Å². The number of piperidine rings is 1. The maximum atomic E-state index is 13.4. The van der Waals surface area contributed by atoms with E-state index in [1.165, 1.54) is 22.8 Å². The number of amides is 2. The van der Waals surface area contributed by atoms with Gasteiger partial charge in [0.2, 0.25) is 17.8 Å². The molecule has 392 valence electrons. The molecule has 74 heavy (non-hydrogen) atoms. The van der Waals surface area contributed by atoms with Gasteiger partial charge >= 0.3 is 5.97 Å². The number of rotatable bonds is 20. The van der Waals surface area contributed by atoms with Crippen LogP contribution in [0.2, 0.25) is 10.0 Å².